The van der Waals surface area contributed by atoms with E-state index in [1.807, 2.05) is 29.0 Å². The molecule has 20 heavy (non-hydrogen) atoms. The molecule has 2 heterocycles. The molecule has 0 aliphatic rings. The second-order valence-electron chi connectivity index (χ2n) is 4.56. The van der Waals surface area contributed by atoms with Crippen LogP contribution in [0.5, 0.6) is 0 Å². The zero-order chi connectivity index (χ0) is 13.9. The van der Waals surface area contributed by atoms with Crippen LogP contribution in [0.15, 0.2) is 43.0 Å². The molecular weight excluding hydrogens is 254 g/mol. The second-order valence-corrected chi connectivity index (χ2v) is 4.56. The molecule has 1 N–H and O–H groups in total. The molecule has 1 aromatic carbocycles. The van der Waals surface area contributed by atoms with Crippen LogP contribution in [0, 0.1) is 0 Å². The third-order valence-electron chi connectivity index (χ3n) is 3.10. The average molecular weight is 269 g/mol. The van der Waals surface area contributed by atoms with E-state index < -0.39 is 0 Å². The molecule has 3 rings (SSSR count). The van der Waals surface area contributed by atoms with Gasteiger partial charge in [0.2, 0.25) is 0 Å². The van der Waals surface area contributed by atoms with Gasteiger partial charge >= 0.3 is 5.97 Å². The maximum Gasteiger partial charge on any atom is 0.354 e. The molecule has 3 aromatic rings. The maximum atomic E-state index is 11.7. The molecule has 0 atom stereocenters. The number of nitrogens with zero attached hydrogens (tertiary/aromatic N) is 2. The lowest BCUT2D eigenvalue weighted by atomic mass is 10.1. The summed E-state index contributed by atoms with van der Waals surface area (Å²) in [5, 5.41) is 1.01. The summed E-state index contributed by atoms with van der Waals surface area (Å²) < 4.78 is 6.99. The van der Waals surface area contributed by atoms with Crippen molar-refractivity contribution in [2.24, 2.45) is 0 Å². The van der Waals surface area contributed by atoms with Crippen LogP contribution in [0.1, 0.15) is 23.0 Å². The minimum Gasteiger partial charge on any atom is -0.461 e. The van der Waals surface area contributed by atoms with Gasteiger partial charge in [0.05, 0.1) is 12.9 Å². The van der Waals surface area contributed by atoms with Crippen LogP contribution in [0.25, 0.3) is 10.9 Å². The normalized spacial score (nSPS) is 10.8. The minimum atomic E-state index is -0.320. The van der Waals surface area contributed by atoms with E-state index in [4.69, 9.17) is 4.74 Å². The molecule has 0 unspecified atom stereocenters. The van der Waals surface area contributed by atoms with E-state index in [0.29, 0.717) is 12.3 Å². The number of aromatic amines is 1. The highest BCUT2D eigenvalue weighted by Crippen LogP contribution is 2.18. The Hall–Kier alpha value is -2.56. The van der Waals surface area contributed by atoms with Crippen LogP contribution in [0.4, 0.5) is 0 Å². The number of fused-ring (bicyclic) bond motifs is 1. The van der Waals surface area contributed by atoms with E-state index in [-0.39, 0.29) is 5.97 Å². The van der Waals surface area contributed by atoms with Crippen molar-refractivity contribution in [3.63, 3.8) is 0 Å². The first kappa shape index (κ1) is 12.5. The topological polar surface area (TPSA) is 59.9 Å². The average Bonchev–Trinajstić information content (AvgIpc) is 3.07. The fraction of sp³-hybridized carbons (Fsp3) is 0.200. The molecule has 0 aliphatic carbocycles. The first-order valence-corrected chi connectivity index (χ1v) is 6.51. The summed E-state index contributed by atoms with van der Waals surface area (Å²) in [5.74, 6) is -0.320. The SMILES string of the molecule is CCOC(=O)c1cc2cc(Cn3ccnc3)ccc2[nH]1. The summed E-state index contributed by atoms with van der Waals surface area (Å²) in [6, 6.07) is 7.90. The van der Waals surface area contributed by atoms with Crippen LogP contribution >= 0.6 is 0 Å². The number of esters is 1. The molecule has 5 nitrogen and oxygen atoms in total. The van der Waals surface area contributed by atoms with Crippen molar-refractivity contribution in [1.82, 2.24) is 14.5 Å². The van der Waals surface area contributed by atoms with E-state index in [2.05, 4.69) is 16.0 Å². The van der Waals surface area contributed by atoms with Gasteiger partial charge in [-0.1, -0.05) is 6.07 Å². The van der Waals surface area contributed by atoms with Gasteiger partial charge in [-0.3, -0.25) is 0 Å². The number of hydrogen-bond acceptors (Lipinski definition) is 3. The first-order chi connectivity index (χ1) is 9.76. The summed E-state index contributed by atoms with van der Waals surface area (Å²) in [5.41, 5.74) is 2.58. The van der Waals surface area contributed by atoms with E-state index in [1.165, 1.54) is 0 Å². The van der Waals surface area contributed by atoms with Crippen LogP contribution in [-0.2, 0) is 11.3 Å². The predicted molar refractivity (Wildman–Crippen MR) is 75.6 cm³/mol. The third-order valence-corrected chi connectivity index (χ3v) is 3.10. The smallest absolute Gasteiger partial charge is 0.354 e. The van der Waals surface area contributed by atoms with E-state index >= 15 is 0 Å². The molecule has 0 bridgehead atoms. The van der Waals surface area contributed by atoms with E-state index in [1.54, 1.807) is 19.4 Å². The van der Waals surface area contributed by atoms with E-state index in [0.717, 1.165) is 23.0 Å². The van der Waals surface area contributed by atoms with Gasteiger partial charge in [-0.25, -0.2) is 9.78 Å². The maximum absolute atomic E-state index is 11.7. The molecule has 0 saturated carbocycles. The molecular formula is C15H15N3O2. The Kier molecular flexibility index (Phi) is 3.25. The van der Waals surface area contributed by atoms with Crippen molar-refractivity contribution in [2.45, 2.75) is 13.5 Å². The number of rotatable bonds is 4. The Morgan fingerprint density at radius 1 is 1.40 bits per heavy atom. The second kappa shape index (κ2) is 5.21. The molecule has 102 valence electrons. The number of benzene rings is 1. The van der Waals surface area contributed by atoms with Gasteiger partial charge < -0.3 is 14.3 Å². The number of nitrogens with one attached hydrogen (secondary N) is 1. The fourth-order valence-corrected chi connectivity index (χ4v) is 2.19. The fourth-order valence-electron chi connectivity index (χ4n) is 2.19. The number of H-pyrrole nitrogens is 1. The van der Waals surface area contributed by atoms with Crippen LogP contribution in [-0.4, -0.2) is 27.1 Å². The lowest BCUT2D eigenvalue weighted by molar-refractivity contribution is 0.0520. The molecule has 5 heteroatoms. The van der Waals surface area contributed by atoms with Crippen molar-refractivity contribution >= 4 is 16.9 Å². The third kappa shape index (κ3) is 2.42. The summed E-state index contributed by atoms with van der Waals surface area (Å²) >= 11 is 0. The van der Waals surface area contributed by atoms with Gasteiger partial charge in [-0.05, 0) is 30.7 Å². The summed E-state index contributed by atoms with van der Waals surface area (Å²) in [4.78, 5) is 18.8. The molecule has 0 amide bonds. The Morgan fingerprint density at radius 2 is 2.30 bits per heavy atom. The monoisotopic (exact) mass is 269 g/mol. The summed E-state index contributed by atoms with van der Waals surface area (Å²) in [6.45, 7) is 2.93. The number of aromatic nitrogens is 3. The van der Waals surface area contributed by atoms with Crippen molar-refractivity contribution in [3.8, 4) is 0 Å². The molecule has 0 spiro atoms. The van der Waals surface area contributed by atoms with Crippen LogP contribution < -0.4 is 0 Å². The highest BCUT2D eigenvalue weighted by atomic mass is 16.5. The molecule has 0 aliphatic heterocycles. The van der Waals surface area contributed by atoms with Crippen molar-refractivity contribution < 1.29 is 9.53 Å². The van der Waals surface area contributed by atoms with E-state index in [9.17, 15) is 4.79 Å². The van der Waals surface area contributed by atoms with Gasteiger partial charge in [0.1, 0.15) is 5.69 Å². The van der Waals surface area contributed by atoms with Crippen LogP contribution in [0.2, 0.25) is 0 Å². The number of ether oxygens (including phenoxy) is 1. The molecule has 0 fully saturated rings. The summed E-state index contributed by atoms with van der Waals surface area (Å²) in [6.07, 6.45) is 5.46. The van der Waals surface area contributed by atoms with Crippen LogP contribution in [0.3, 0.4) is 0 Å². The Bertz CT molecular complexity index is 729. The van der Waals surface area contributed by atoms with Crippen molar-refractivity contribution in [3.05, 3.63) is 54.2 Å². The summed E-state index contributed by atoms with van der Waals surface area (Å²) in [7, 11) is 0. The van der Waals surface area contributed by atoms with Gasteiger partial charge in [0.25, 0.3) is 0 Å². The van der Waals surface area contributed by atoms with Gasteiger partial charge in [-0.2, -0.15) is 0 Å². The van der Waals surface area contributed by atoms with Gasteiger partial charge in [-0.15, -0.1) is 0 Å². The molecule has 0 saturated heterocycles. The Balaban J connectivity index is 1.89. The standard InChI is InChI=1S/C15H15N3O2/c1-2-20-15(19)14-8-12-7-11(3-4-13(12)17-14)9-18-6-5-16-10-18/h3-8,10,17H,2,9H2,1H3. The van der Waals surface area contributed by atoms with Gasteiger partial charge in [0.15, 0.2) is 0 Å². The Labute approximate surface area is 116 Å². The number of imidazole rings is 1. The highest BCUT2D eigenvalue weighted by Gasteiger charge is 2.10. The number of hydrogen-bond donors (Lipinski definition) is 1. The van der Waals surface area contributed by atoms with Crippen molar-refractivity contribution in [1.29, 1.82) is 0 Å². The highest BCUT2D eigenvalue weighted by molar-refractivity contribution is 5.94. The zero-order valence-corrected chi connectivity index (χ0v) is 11.2. The largest absolute Gasteiger partial charge is 0.461 e. The Morgan fingerprint density at radius 3 is 3.05 bits per heavy atom. The zero-order valence-electron chi connectivity index (χ0n) is 11.2. The number of carbonyl (C=O) groups excluding carboxylic acids is 1. The molecule has 2 aromatic heterocycles. The van der Waals surface area contributed by atoms with Gasteiger partial charge in [0, 0.05) is 29.8 Å². The van der Waals surface area contributed by atoms with Crippen molar-refractivity contribution in [2.75, 3.05) is 6.61 Å². The lowest BCUT2D eigenvalue weighted by Crippen LogP contribution is -2.04. The first-order valence-electron chi connectivity index (χ1n) is 6.51. The minimum absolute atomic E-state index is 0.320. The quantitative estimate of drug-likeness (QED) is 0.740. The molecule has 0 radical (unpaired) electrons. The number of carbonyl (C=O) groups is 1. The predicted octanol–water partition coefficient (Wildman–Crippen LogP) is 2.59. The lowest BCUT2D eigenvalue weighted by Gasteiger charge is -2.02.